The molecule has 2 rings (SSSR count). The van der Waals surface area contributed by atoms with E-state index >= 15 is 0 Å². The summed E-state index contributed by atoms with van der Waals surface area (Å²) in [6.45, 7) is 8.85. The minimum atomic E-state index is 0.202. The number of hydrogen-bond donors (Lipinski definition) is 1. The quantitative estimate of drug-likeness (QED) is 0.890. The van der Waals surface area contributed by atoms with Crippen LogP contribution in [-0.2, 0) is 0 Å². The van der Waals surface area contributed by atoms with Gasteiger partial charge in [0.2, 0.25) is 5.95 Å². The molecule has 3 heteroatoms. The lowest BCUT2D eigenvalue weighted by atomic mass is 9.88. The van der Waals surface area contributed by atoms with Crippen LogP contribution in [0.25, 0.3) is 5.69 Å². The Labute approximate surface area is 109 Å². The van der Waals surface area contributed by atoms with Crippen molar-refractivity contribution in [1.29, 1.82) is 0 Å². The lowest BCUT2D eigenvalue weighted by molar-refractivity contribution is 0.358. The van der Waals surface area contributed by atoms with Crippen molar-refractivity contribution in [2.45, 2.75) is 33.7 Å². The summed E-state index contributed by atoms with van der Waals surface area (Å²) in [7, 11) is 0. The summed E-state index contributed by atoms with van der Waals surface area (Å²) >= 11 is 0. The Morgan fingerprint density at radius 3 is 2.44 bits per heavy atom. The van der Waals surface area contributed by atoms with E-state index in [-0.39, 0.29) is 5.41 Å². The Morgan fingerprint density at radius 2 is 1.83 bits per heavy atom. The first-order chi connectivity index (χ1) is 8.48. The molecule has 0 spiro atoms. The van der Waals surface area contributed by atoms with Crippen molar-refractivity contribution >= 4 is 5.95 Å². The summed E-state index contributed by atoms with van der Waals surface area (Å²) in [5.41, 5.74) is 1.33. The summed E-state index contributed by atoms with van der Waals surface area (Å²) in [4.78, 5) is 4.40. The molecule has 1 unspecified atom stereocenters. The molecule has 1 aromatic heterocycles. The third kappa shape index (κ3) is 2.73. The summed E-state index contributed by atoms with van der Waals surface area (Å²) < 4.78 is 2.07. The first-order valence-corrected chi connectivity index (χ1v) is 6.34. The number of aromatic nitrogens is 2. The molecule has 3 nitrogen and oxygen atoms in total. The first-order valence-electron chi connectivity index (χ1n) is 6.34. The number of imidazole rings is 1. The van der Waals surface area contributed by atoms with E-state index in [1.54, 1.807) is 0 Å². The summed E-state index contributed by atoms with van der Waals surface area (Å²) in [5.74, 6) is 0.892. The van der Waals surface area contributed by atoms with Crippen LogP contribution in [-0.4, -0.2) is 15.6 Å². The van der Waals surface area contributed by atoms with Gasteiger partial charge in [-0.1, -0.05) is 39.0 Å². The van der Waals surface area contributed by atoms with Gasteiger partial charge in [-0.2, -0.15) is 0 Å². The molecule has 0 radical (unpaired) electrons. The number of nitrogens with one attached hydrogen (secondary N) is 1. The number of anilines is 1. The highest BCUT2D eigenvalue weighted by Gasteiger charge is 2.21. The number of nitrogens with zero attached hydrogens (tertiary/aromatic N) is 2. The number of para-hydroxylation sites is 1. The molecular formula is C15H21N3. The third-order valence-corrected chi connectivity index (χ3v) is 3.32. The zero-order valence-electron chi connectivity index (χ0n) is 11.5. The minimum absolute atomic E-state index is 0.202. The molecule has 0 bridgehead atoms. The van der Waals surface area contributed by atoms with Gasteiger partial charge in [-0.25, -0.2) is 4.98 Å². The van der Waals surface area contributed by atoms with Gasteiger partial charge in [-0.05, 0) is 24.5 Å². The molecule has 2 aromatic rings. The molecule has 0 saturated carbocycles. The maximum atomic E-state index is 4.40. The van der Waals surface area contributed by atoms with Crippen molar-refractivity contribution in [2.75, 3.05) is 5.32 Å². The molecule has 0 aliphatic carbocycles. The lowest BCUT2D eigenvalue weighted by Gasteiger charge is -2.28. The molecular weight excluding hydrogens is 222 g/mol. The lowest BCUT2D eigenvalue weighted by Crippen LogP contribution is -2.31. The van der Waals surface area contributed by atoms with Crippen LogP contribution in [0, 0.1) is 5.41 Å². The zero-order valence-corrected chi connectivity index (χ0v) is 11.5. The molecule has 0 aliphatic heterocycles. The summed E-state index contributed by atoms with van der Waals surface area (Å²) in [6.07, 6.45) is 3.80. The summed E-state index contributed by atoms with van der Waals surface area (Å²) in [6, 6.07) is 10.6. The second kappa shape index (κ2) is 4.84. The maximum absolute atomic E-state index is 4.40. The Kier molecular flexibility index (Phi) is 3.41. The monoisotopic (exact) mass is 243 g/mol. The van der Waals surface area contributed by atoms with Crippen LogP contribution < -0.4 is 5.32 Å². The van der Waals surface area contributed by atoms with Gasteiger partial charge in [0.1, 0.15) is 0 Å². The minimum Gasteiger partial charge on any atom is -0.352 e. The van der Waals surface area contributed by atoms with Crippen molar-refractivity contribution in [3.8, 4) is 5.69 Å². The van der Waals surface area contributed by atoms with Gasteiger partial charge in [-0.15, -0.1) is 0 Å². The molecule has 1 N–H and O–H groups in total. The van der Waals surface area contributed by atoms with Crippen molar-refractivity contribution in [2.24, 2.45) is 5.41 Å². The van der Waals surface area contributed by atoms with E-state index in [1.165, 1.54) is 0 Å². The van der Waals surface area contributed by atoms with Crippen LogP contribution in [0.1, 0.15) is 27.7 Å². The average Bonchev–Trinajstić information content (AvgIpc) is 2.77. The zero-order chi connectivity index (χ0) is 13.2. The van der Waals surface area contributed by atoms with Crippen LogP contribution >= 0.6 is 0 Å². The number of benzene rings is 1. The fourth-order valence-electron chi connectivity index (χ4n) is 1.62. The van der Waals surface area contributed by atoms with Crippen LogP contribution in [0.15, 0.2) is 42.7 Å². The average molecular weight is 243 g/mol. The number of rotatable bonds is 3. The fraction of sp³-hybridized carbons (Fsp3) is 0.400. The van der Waals surface area contributed by atoms with E-state index in [2.05, 4.69) is 54.7 Å². The molecule has 0 saturated heterocycles. The second-order valence-corrected chi connectivity index (χ2v) is 5.69. The topological polar surface area (TPSA) is 29.9 Å². The molecule has 0 aliphatic rings. The Hall–Kier alpha value is -1.77. The fourth-order valence-corrected chi connectivity index (χ4v) is 1.62. The highest BCUT2D eigenvalue weighted by Crippen LogP contribution is 2.23. The van der Waals surface area contributed by atoms with Gasteiger partial charge in [0.05, 0.1) is 0 Å². The Balaban J connectivity index is 2.24. The van der Waals surface area contributed by atoms with E-state index in [9.17, 15) is 0 Å². The van der Waals surface area contributed by atoms with Gasteiger partial charge in [0, 0.05) is 24.1 Å². The van der Waals surface area contributed by atoms with Gasteiger partial charge in [-0.3, -0.25) is 4.57 Å². The van der Waals surface area contributed by atoms with Crippen LogP contribution in [0.4, 0.5) is 5.95 Å². The van der Waals surface area contributed by atoms with Gasteiger partial charge >= 0.3 is 0 Å². The highest BCUT2D eigenvalue weighted by molar-refractivity contribution is 5.42. The Morgan fingerprint density at radius 1 is 1.17 bits per heavy atom. The molecule has 18 heavy (non-hydrogen) atoms. The predicted molar refractivity (Wildman–Crippen MR) is 76.1 cm³/mol. The van der Waals surface area contributed by atoms with Crippen molar-refractivity contribution in [1.82, 2.24) is 9.55 Å². The smallest absolute Gasteiger partial charge is 0.207 e. The standard InChI is InChI=1S/C15H21N3/c1-12(15(2,3)4)17-14-16-10-11-18(14)13-8-6-5-7-9-13/h5-12H,1-4H3,(H,16,17). The van der Waals surface area contributed by atoms with Crippen LogP contribution in [0.5, 0.6) is 0 Å². The number of hydrogen-bond acceptors (Lipinski definition) is 2. The molecule has 1 aromatic carbocycles. The van der Waals surface area contributed by atoms with Crippen molar-refractivity contribution < 1.29 is 0 Å². The molecule has 0 fully saturated rings. The molecule has 0 amide bonds. The van der Waals surface area contributed by atoms with Crippen molar-refractivity contribution in [3.05, 3.63) is 42.7 Å². The molecule has 96 valence electrons. The third-order valence-electron chi connectivity index (χ3n) is 3.32. The first kappa shape index (κ1) is 12.7. The van der Waals surface area contributed by atoms with E-state index in [1.807, 2.05) is 30.6 Å². The predicted octanol–water partition coefficient (Wildman–Crippen LogP) is 3.72. The highest BCUT2D eigenvalue weighted by atomic mass is 15.2. The molecule has 1 atom stereocenters. The van der Waals surface area contributed by atoms with E-state index in [0.717, 1.165) is 11.6 Å². The van der Waals surface area contributed by atoms with Gasteiger partial charge in [0.15, 0.2) is 0 Å². The van der Waals surface area contributed by atoms with E-state index < -0.39 is 0 Å². The van der Waals surface area contributed by atoms with Crippen LogP contribution in [0.3, 0.4) is 0 Å². The molecule has 1 heterocycles. The SMILES string of the molecule is CC(Nc1nccn1-c1ccccc1)C(C)(C)C. The Bertz CT molecular complexity index is 494. The summed E-state index contributed by atoms with van der Waals surface area (Å²) in [5, 5.41) is 3.48. The van der Waals surface area contributed by atoms with Crippen LogP contribution in [0.2, 0.25) is 0 Å². The van der Waals surface area contributed by atoms with Gasteiger partial charge in [0.25, 0.3) is 0 Å². The van der Waals surface area contributed by atoms with Gasteiger partial charge < -0.3 is 5.32 Å². The second-order valence-electron chi connectivity index (χ2n) is 5.69. The normalized spacial score (nSPS) is 13.3. The largest absolute Gasteiger partial charge is 0.352 e. The van der Waals surface area contributed by atoms with E-state index in [4.69, 9.17) is 0 Å². The van der Waals surface area contributed by atoms with Crippen molar-refractivity contribution in [3.63, 3.8) is 0 Å². The van der Waals surface area contributed by atoms with E-state index in [0.29, 0.717) is 6.04 Å². The maximum Gasteiger partial charge on any atom is 0.207 e.